The third kappa shape index (κ3) is 3.47. The summed E-state index contributed by atoms with van der Waals surface area (Å²) in [6.45, 7) is 2.04. The summed E-state index contributed by atoms with van der Waals surface area (Å²) in [5.41, 5.74) is 2.30. The molecule has 0 spiro atoms. The van der Waals surface area contributed by atoms with Gasteiger partial charge in [0.15, 0.2) is 23.6 Å². The van der Waals surface area contributed by atoms with Crippen LogP contribution in [0.4, 0.5) is 5.69 Å². The van der Waals surface area contributed by atoms with E-state index in [1.165, 1.54) is 19.2 Å². The Morgan fingerprint density at radius 2 is 1.76 bits per heavy atom. The van der Waals surface area contributed by atoms with Crippen molar-refractivity contribution in [3.63, 3.8) is 0 Å². The van der Waals surface area contributed by atoms with E-state index in [-0.39, 0.29) is 12.4 Å². The fraction of sp³-hybridized carbons (Fsp3) is 0.273. The van der Waals surface area contributed by atoms with Gasteiger partial charge in [-0.2, -0.15) is 10.1 Å². The number of amides is 2. The van der Waals surface area contributed by atoms with Crippen LogP contribution >= 0.6 is 0 Å². The monoisotopic (exact) mass is 448 g/mol. The van der Waals surface area contributed by atoms with Gasteiger partial charge in [-0.05, 0) is 19.1 Å². The first-order valence-corrected chi connectivity index (χ1v) is 10.2. The summed E-state index contributed by atoms with van der Waals surface area (Å²) < 4.78 is 15.9. The Balaban J connectivity index is 1.36. The fourth-order valence-corrected chi connectivity index (χ4v) is 3.85. The molecule has 3 heterocycles. The van der Waals surface area contributed by atoms with Crippen LogP contribution in [0.25, 0.3) is 11.4 Å². The Hall–Kier alpha value is -4.28. The number of hydrogen-bond donors (Lipinski definition) is 0. The number of imide groups is 1. The second-order valence-electron chi connectivity index (χ2n) is 7.62. The lowest BCUT2D eigenvalue weighted by molar-refractivity contribution is -0.123. The number of anilines is 1. The Kier molecular flexibility index (Phi) is 5.00. The molecular formula is C22H20N6O5. The number of ether oxygens (including phenoxy) is 2. The quantitative estimate of drug-likeness (QED) is 0.527. The number of carbonyl (C=O) groups excluding carboxylic acids is 2. The number of rotatable bonds is 6. The summed E-state index contributed by atoms with van der Waals surface area (Å²) in [7, 11) is 2.99. The van der Waals surface area contributed by atoms with E-state index in [1.54, 1.807) is 18.2 Å². The maximum Gasteiger partial charge on any atom is 0.263 e. The van der Waals surface area contributed by atoms with Gasteiger partial charge < -0.3 is 14.0 Å². The maximum absolute atomic E-state index is 13.2. The number of aromatic nitrogens is 2. The highest BCUT2D eigenvalue weighted by atomic mass is 16.5. The van der Waals surface area contributed by atoms with Crippen molar-refractivity contribution in [1.82, 2.24) is 15.1 Å². The molecule has 3 aromatic rings. The molecule has 2 amide bonds. The minimum Gasteiger partial charge on any atom is -0.493 e. The number of hydrogen-bond acceptors (Lipinski definition) is 10. The molecule has 11 nitrogen and oxygen atoms in total. The van der Waals surface area contributed by atoms with Crippen molar-refractivity contribution in [2.24, 2.45) is 10.3 Å². The average molecular weight is 448 g/mol. The van der Waals surface area contributed by atoms with E-state index >= 15 is 0 Å². The van der Waals surface area contributed by atoms with Gasteiger partial charge in [0.2, 0.25) is 11.7 Å². The summed E-state index contributed by atoms with van der Waals surface area (Å²) in [5, 5.41) is 13.4. The van der Waals surface area contributed by atoms with E-state index in [9.17, 15) is 9.59 Å². The van der Waals surface area contributed by atoms with Crippen LogP contribution in [0.5, 0.6) is 11.5 Å². The molecule has 2 unspecified atom stereocenters. The highest BCUT2D eigenvalue weighted by Crippen LogP contribution is 2.37. The number of carbonyl (C=O) groups is 2. The standard InChI is InChI=1S/C22H20N6O5/c1-12-4-6-13(7-5-12)20-23-17(33-25-20)11-27-19-18(24-26-27)21(29)28(22(19)30)14-8-9-15(31-2)16(10-14)32-3/h4-10,18-19H,11H2,1-3H3. The van der Waals surface area contributed by atoms with Crippen LogP contribution in [0.1, 0.15) is 11.5 Å². The molecular weight excluding hydrogens is 428 g/mol. The van der Waals surface area contributed by atoms with Gasteiger partial charge in [0, 0.05) is 11.6 Å². The van der Waals surface area contributed by atoms with Crippen molar-refractivity contribution in [3.05, 3.63) is 53.9 Å². The first-order chi connectivity index (χ1) is 16.0. The van der Waals surface area contributed by atoms with Crippen molar-refractivity contribution in [2.45, 2.75) is 25.6 Å². The Labute approximate surface area is 188 Å². The molecule has 5 rings (SSSR count). The van der Waals surface area contributed by atoms with E-state index in [1.807, 2.05) is 31.2 Å². The molecule has 33 heavy (non-hydrogen) atoms. The van der Waals surface area contributed by atoms with Crippen LogP contribution in [0.3, 0.4) is 0 Å². The number of methoxy groups -OCH3 is 2. The van der Waals surface area contributed by atoms with Gasteiger partial charge in [0.1, 0.15) is 6.54 Å². The van der Waals surface area contributed by atoms with Gasteiger partial charge in [0.25, 0.3) is 11.8 Å². The van der Waals surface area contributed by atoms with Crippen molar-refractivity contribution in [1.29, 1.82) is 0 Å². The normalized spacial score (nSPS) is 19.4. The van der Waals surface area contributed by atoms with Crippen LogP contribution in [-0.2, 0) is 16.1 Å². The van der Waals surface area contributed by atoms with Gasteiger partial charge in [-0.15, -0.1) is 0 Å². The van der Waals surface area contributed by atoms with E-state index in [0.717, 1.165) is 16.0 Å². The Morgan fingerprint density at radius 1 is 1.00 bits per heavy atom. The van der Waals surface area contributed by atoms with Gasteiger partial charge in [-0.25, -0.2) is 4.90 Å². The molecule has 2 aliphatic rings. The summed E-state index contributed by atoms with van der Waals surface area (Å²) in [4.78, 5) is 31.7. The predicted octanol–water partition coefficient (Wildman–Crippen LogP) is 2.56. The van der Waals surface area contributed by atoms with Crippen molar-refractivity contribution in [2.75, 3.05) is 19.1 Å². The highest BCUT2D eigenvalue weighted by molar-refractivity contribution is 6.25. The minimum absolute atomic E-state index is 0.0440. The minimum atomic E-state index is -0.940. The topological polar surface area (TPSA) is 123 Å². The summed E-state index contributed by atoms with van der Waals surface area (Å²) in [6.07, 6.45) is 0. The molecule has 2 aliphatic heterocycles. The van der Waals surface area contributed by atoms with Crippen molar-refractivity contribution >= 4 is 17.5 Å². The Bertz CT molecular complexity index is 1250. The third-order valence-corrected chi connectivity index (χ3v) is 5.56. The van der Waals surface area contributed by atoms with Crippen LogP contribution in [-0.4, -0.2) is 53.3 Å². The smallest absolute Gasteiger partial charge is 0.263 e. The van der Waals surface area contributed by atoms with E-state index in [4.69, 9.17) is 14.0 Å². The lowest BCUT2D eigenvalue weighted by Gasteiger charge is -2.20. The molecule has 1 aromatic heterocycles. The maximum atomic E-state index is 13.2. The molecule has 168 valence electrons. The second-order valence-corrected chi connectivity index (χ2v) is 7.62. The van der Waals surface area contributed by atoms with Crippen LogP contribution < -0.4 is 14.4 Å². The first-order valence-electron chi connectivity index (χ1n) is 10.2. The Morgan fingerprint density at radius 3 is 2.48 bits per heavy atom. The molecule has 0 bridgehead atoms. The van der Waals surface area contributed by atoms with Crippen LogP contribution in [0.2, 0.25) is 0 Å². The summed E-state index contributed by atoms with van der Waals surface area (Å²) >= 11 is 0. The molecule has 0 aliphatic carbocycles. The lowest BCUT2D eigenvalue weighted by atomic mass is 10.1. The highest BCUT2D eigenvalue weighted by Gasteiger charge is 2.55. The van der Waals surface area contributed by atoms with E-state index in [2.05, 4.69) is 20.5 Å². The zero-order valence-corrected chi connectivity index (χ0v) is 18.1. The van der Waals surface area contributed by atoms with E-state index in [0.29, 0.717) is 23.0 Å². The lowest BCUT2D eigenvalue weighted by Crippen LogP contribution is -2.39. The zero-order chi connectivity index (χ0) is 23.1. The molecule has 0 saturated carbocycles. The number of aryl methyl sites for hydroxylation is 1. The molecule has 0 N–H and O–H groups in total. The van der Waals surface area contributed by atoms with Gasteiger partial charge in [0.05, 0.1) is 19.9 Å². The number of benzene rings is 2. The van der Waals surface area contributed by atoms with Crippen LogP contribution in [0, 0.1) is 6.92 Å². The largest absolute Gasteiger partial charge is 0.493 e. The van der Waals surface area contributed by atoms with Gasteiger partial charge in [-0.3, -0.25) is 14.6 Å². The van der Waals surface area contributed by atoms with Gasteiger partial charge in [-0.1, -0.05) is 40.2 Å². The molecule has 11 heteroatoms. The second kappa shape index (κ2) is 8.01. The van der Waals surface area contributed by atoms with Gasteiger partial charge >= 0.3 is 0 Å². The number of nitrogens with zero attached hydrogens (tertiary/aromatic N) is 6. The third-order valence-electron chi connectivity index (χ3n) is 5.56. The van der Waals surface area contributed by atoms with Crippen molar-refractivity contribution < 1.29 is 23.6 Å². The SMILES string of the molecule is COc1ccc(N2C(=O)C3N=NN(Cc4nc(-c5ccc(C)cc5)no4)C3C2=O)cc1OC. The van der Waals surface area contributed by atoms with Crippen molar-refractivity contribution in [3.8, 4) is 22.9 Å². The molecule has 2 aromatic carbocycles. The van der Waals surface area contributed by atoms with E-state index < -0.39 is 23.9 Å². The number of fused-ring (bicyclic) bond motifs is 1. The molecule has 1 fully saturated rings. The first kappa shape index (κ1) is 20.6. The predicted molar refractivity (Wildman–Crippen MR) is 114 cm³/mol. The molecule has 2 atom stereocenters. The fourth-order valence-electron chi connectivity index (χ4n) is 3.85. The molecule has 1 saturated heterocycles. The van der Waals surface area contributed by atoms with Crippen LogP contribution in [0.15, 0.2) is 57.3 Å². The zero-order valence-electron chi connectivity index (χ0n) is 18.1. The summed E-state index contributed by atoms with van der Waals surface area (Å²) in [5.74, 6) is 0.673. The summed E-state index contributed by atoms with van der Waals surface area (Å²) in [6, 6.07) is 10.7. The molecule has 0 radical (unpaired) electrons. The average Bonchev–Trinajstić information content (AvgIpc) is 3.52.